The number of Topliss-reactive ketones (excluding diaryl/α,β-unsaturated/α-hetero) is 2. The minimum atomic E-state index is -0.0878. The number of nitrogens with two attached hydrogens (primary N) is 1. The molecular weight excluding hydrogens is 374 g/mol. The maximum absolute atomic E-state index is 12.5. The van der Waals surface area contributed by atoms with Gasteiger partial charge in [0.2, 0.25) is 0 Å². The molecule has 0 amide bonds. The number of aromatic nitrogens is 2. The van der Waals surface area contributed by atoms with Crippen molar-refractivity contribution in [2.45, 2.75) is 46.0 Å². The second-order valence-electron chi connectivity index (χ2n) is 7.73. The van der Waals surface area contributed by atoms with Gasteiger partial charge in [-0.05, 0) is 67.1 Å². The summed E-state index contributed by atoms with van der Waals surface area (Å²) in [6, 6.07) is 13.2. The van der Waals surface area contributed by atoms with Gasteiger partial charge in [-0.1, -0.05) is 24.3 Å². The Morgan fingerprint density at radius 3 is 2.33 bits per heavy atom. The summed E-state index contributed by atoms with van der Waals surface area (Å²) in [5.74, 6) is 0.0820. The van der Waals surface area contributed by atoms with Crippen molar-refractivity contribution in [3.63, 3.8) is 0 Å². The van der Waals surface area contributed by atoms with Crippen LogP contribution < -0.4 is 5.73 Å². The molecule has 5 heteroatoms. The highest BCUT2D eigenvalue weighted by Crippen LogP contribution is 2.16. The molecule has 154 valence electrons. The third-order valence-corrected chi connectivity index (χ3v) is 5.06. The SMILES string of the molecule is Cc1ccc(CC(=O)c2ccc(CC(=O)CCCc3ccc(C)nc3)cn2)c(N)c1. The Balaban J connectivity index is 1.49. The van der Waals surface area contributed by atoms with E-state index in [9.17, 15) is 9.59 Å². The van der Waals surface area contributed by atoms with Crippen molar-refractivity contribution in [3.8, 4) is 0 Å². The highest BCUT2D eigenvalue weighted by atomic mass is 16.1. The first kappa shape index (κ1) is 21.4. The highest BCUT2D eigenvalue weighted by molar-refractivity contribution is 5.96. The average molecular weight is 402 g/mol. The molecule has 0 aliphatic rings. The monoisotopic (exact) mass is 401 g/mol. The maximum Gasteiger partial charge on any atom is 0.185 e. The Labute approximate surface area is 177 Å². The highest BCUT2D eigenvalue weighted by Gasteiger charge is 2.12. The summed E-state index contributed by atoms with van der Waals surface area (Å²) >= 11 is 0. The normalized spacial score (nSPS) is 10.7. The zero-order valence-corrected chi connectivity index (χ0v) is 17.5. The lowest BCUT2D eigenvalue weighted by Gasteiger charge is -2.07. The van der Waals surface area contributed by atoms with E-state index in [1.165, 1.54) is 0 Å². The van der Waals surface area contributed by atoms with Crippen molar-refractivity contribution >= 4 is 17.3 Å². The second-order valence-corrected chi connectivity index (χ2v) is 7.73. The number of carbonyl (C=O) groups excluding carboxylic acids is 2. The first-order chi connectivity index (χ1) is 14.4. The number of carbonyl (C=O) groups is 2. The van der Waals surface area contributed by atoms with Crippen LogP contribution in [0.1, 0.15) is 51.3 Å². The van der Waals surface area contributed by atoms with Crippen molar-refractivity contribution in [3.05, 3.63) is 88.5 Å². The molecule has 5 nitrogen and oxygen atoms in total. The van der Waals surface area contributed by atoms with Crippen molar-refractivity contribution in [2.24, 2.45) is 0 Å². The predicted molar refractivity (Wildman–Crippen MR) is 118 cm³/mol. The van der Waals surface area contributed by atoms with Crippen LogP contribution in [0.15, 0.2) is 54.9 Å². The lowest BCUT2D eigenvalue weighted by atomic mass is 10.0. The molecule has 2 N–H and O–H groups in total. The lowest BCUT2D eigenvalue weighted by molar-refractivity contribution is -0.118. The van der Waals surface area contributed by atoms with E-state index in [0.29, 0.717) is 24.2 Å². The van der Waals surface area contributed by atoms with Crippen molar-refractivity contribution in [2.75, 3.05) is 5.73 Å². The molecule has 0 saturated carbocycles. The molecule has 0 spiro atoms. The molecule has 0 unspecified atom stereocenters. The molecule has 2 heterocycles. The van der Waals surface area contributed by atoms with Gasteiger partial charge in [0.05, 0.1) is 0 Å². The van der Waals surface area contributed by atoms with Crippen LogP contribution in [0.4, 0.5) is 5.69 Å². The topological polar surface area (TPSA) is 85.9 Å². The van der Waals surface area contributed by atoms with Gasteiger partial charge >= 0.3 is 0 Å². The fourth-order valence-corrected chi connectivity index (χ4v) is 3.28. The Morgan fingerprint density at radius 1 is 0.900 bits per heavy atom. The summed E-state index contributed by atoms with van der Waals surface area (Å²) in [5, 5.41) is 0. The molecule has 0 aliphatic heterocycles. The van der Waals surface area contributed by atoms with E-state index in [1.54, 1.807) is 18.3 Å². The summed E-state index contributed by atoms with van der Waals surface area (Å²) in [5.41, 5.74) is 11.8. The number of hydrogen-bond acceptors (Lipinski definition) is 5. The third kappa shape index (κ3) is 6.08. The number of benzene rings is 1. The molecule has 0 saturated heterocycles. The molecule has 0 atom stereocenters. The average Bonchev–Trinajstić information content (AvgIpc) is 2.72. The van der Waals surface area contributed by atoms with Gasteiger partial charge < -0.3 is 5.73 Å². The molecule has 0 bridgehead atoms. The van der Waals surface area contributed by atoms with Crippen LogP contribution in [-0.4, -0.2) is 21.5 Å². The number of rotatable bonds is 9. The van der Waals surface area contributed by atoms with Crippen LogP contribution in [0.2, 0.25) is 0 Å². The molecular formula is C25H27N3O2. The van der Waals surface area contributed by atoms with Crippen LogP contribution in [0.5, 0.6) is 0 Å². The molecule has 0 radical (unpaired) electrons. The van der Waals surface area contributed by atoms with Crippen LogP contribution >= 0.6 is 0 Å². The van der Waals surface area contributed by atoms with Gasteiger partial charge in [-0.3, -0.25) is 19.6 Å². The van der Waals surface area contributed by atoms with Gasteiger partial charge in [0.25, 0.3) is 0 Å². The fourth-order valence-electron chi connectivity index (χ4n) is 3.28. The summed E-state index contributed by atoms with van der Waals surface area (Å²) in [6.45, 7) is 3.92. The number of pyridine rings is 2. The van der Waals surface area contributed by atoms with Crippen LogP contribution in [0.25, 0.3) is 0 Å². The summed E-state index contributed by atoms with van der Waals surface area (Å²) in [7, 11) is 0. The standard InChI is InChI=1S/C25H27N3O2/c1-17-6-10-21(23(26)12-17)14-25(30)24-11-9-20(16-28-24)13-22(29)5-3-4-19-8-7-18(2)27-15-19/h6-12,15-16H,3-5,13-14,26H2,1-2H3. The quantitative estimate of drug-likeness (QED) is 0.428. The van der Waals surface area contributed by atoms with E-state index in [2.05, 4.69) is 16.0 Å². The predicted octanol–water partition coefficient (Wildman–Crippen LogP) is 4.24. The second kappa shape index (κ2) is 9.92. The van der Waals surface area contributed by atoms with Gasteiger partial charge in [-0.25, -0.2) is 0 Å². The van der Waals surface area contributed by atoms with Crippen LogP contribution in [-0.2, 0) is 24.1 Å². The van der Waals surface area contributed by atoms with Crippen LogP contribution in [0.3, 0.4) is 0 Å². The molecule has 1 aromatic carbocycles. The van der Waals surface area contributed by atoms with Gasteiger partial charge in [-0.2, -0.15) is 0 Å². The number of anilines is 1. The van der Waals surface area contributed by atoms with Gasteiger partial charge in [0, 0.05) is 43.0 Å². The summed E-state index contributed by atoms with van der Waals surface area (Å²) in [4.78, 5) is 33.3. The zero-order valence-electron chi connectivity index (χ0n) is 17.5. The molecule has 2 aromatic heterocycles. The molecule has 3 rings (SSSR count). The largest absolute Gasteiger partial charge is 0.398 e. The van der Waals surface area contributed by atoms with E-state index >= 15 is 0 Å². The Morgan fingerprint density at radius 2 is 1.67 bits per heavy atom. The smallest absolute Gasteiger partial charge is 0.185 e. The van der Waals surface area contributed by atoms with Gasteiger partial charge in [0.1, 0.15) is 11.5 Å². The van der Waals surface area contributed by atoms with E-state index in [1.807, 2.05) is 44.3 Å². The van der Waals surface area contributed by atoms with E-state index in [-0.39, 0.29) is 18.0 Å². The minimum absolute atomic E-state index is 0.0878. The minimum Gasteiger partial charge on any atom is -0.398 e. The maximum atomic E-state index is 12.5. The number of nitrogen functional groups attached to an aromatic ring is 1. The third-order valence-electron chi connectivity index (χ3n) is 5.06. The van der Waals surface area contributed by atoms with Crippen molar-refractivity contribution in [1.29, 1.82) is 0 Å². The van der Waals surface area contributed by atoms with Gasteiger partial charge in [-0.15, -0.1) is 0 Å². The van der Waals surface area contributed by atoms with Crippen molar-refractivity contribution < 1.29 is 9.59 Å². The van der Waals surface area contributed by atoms with Gasteiger partial charge in [0.15, 0.2) is 5.78 Å². The fraction of sp³-hybridized carbons (Fsp3) is 0.280. The van der Waals surface area contributed by atoms with Crippen LogP contribution in [0, 0.1) is 13.8 Å². The molecule has 0 fully saturated rings. The summed E-state index contributed by atoms with van der Waals surface area (Å²) < 4.78 is 0. The van der Waals surface area contributed by atoms with E-state index in [4.69, 9.17) is 5.73 Å². The van der Waals surface area contributed by atoms with E-state index < -0.39 is 0 Å². The Hall–Kier alpha value is -3.34. The molecule has 30 heavy (non-hydrogen) atoms. The first-order valence-electron chi connectivity index (χ1n) is 10.2. The number of aryl methyl sites for hydroxylation is 3. The van der Waals surface area contributed by atoms with E-state index in [0.717, 1.165) is 40.8 Å². The first-order valence-corrected chi connectivity index (χ1v) is 10.2. The lowest BCUT2D eigenvalue weighted by Crippen LogP contribution is -2.09. The molecule has 0 aliphatic carbocycles. The number of nitrogens with zero attached hydrogens (tertiary/aromatic N) is 2. The summed E-state index contributed by atoms with van der Waals surface area (Å²) in [6.07, 6.45) is 6.18. The Bertz CT molecular complexity index is 1030. The number of ketones is 2. The zero-order chi connectivity index (χ0) is 21.5. The van der Waals surface area contributed by atoms with Crippen molar-refractivity contribution in [1.82, 2.24) is 9.97 Å². The Kier molecular flexibility index (Phi) is 7.07. The molecule has 3 aromatic rings. The number of hydrogen-bond donors (Lipinski definition) is 1.